The fraction of sp³-hybridized carbons (Fsp3) is 0.500. The standard InChI is InChI=1S/C24H34N2O3/c1-6-7-8-12-19-15-21(27)20(14-13-17(4)11-9-10-16(2)3)23(28)22(19)24-25-18(5)29-26-24/h10,13,15,27-28H,6-9,11-12,14H2,1-5H3. The summed E-state index contributed by atoms with van der Waals surface area (Å²) in [7, 11) is 0. The first-order valence-corrected chi connectivity index (χ1v) is 10.5. The molecule has 5 nitrogen and oxygen atoms in total. The van der Waals surface area contributed by atoms with Crippen molar-refractivity contribution < 1.29 is 14.7 Å². The number of unbranched alkanes of at least 4 members (excludes halogenated alkanes) is 2. The summed E-state index contributed by atoms with van der Waals surface area (Å²) in [5, 5.41) is 25.6. The van der Waals surface area contributed by atoms with Crippen molar-refractivity contribution in [3.05, 3.63) is 46.4 Å². The molecule has 1 aromatic heterocycles. The zero-order valence-corrected chi connectivity index (χ0v) is 18.4. The van der Waals surface area contributed by atoms with Gasteiger partial charge in [-0.15, -0.1) is 0 Å². The lowest BCUT2D eigenvalue weighted by atomic mass is 9.94. The van der Waals surface area contributed by atoms with Crippen LogP contribution in [0.3, 0.4) is 0 Å². The average molecular weight is 399 g/mol. The van der Waals surface area contributed by atoms with E-state index in [0.29, 0.717) is 29.3 Å². The zero-order chi connectivity index (χ0) is 21.4. The molecule has 0 amide bonds. The van der Waals surface area contributed by atoms with E-state index in [1.54, 1.807) is 13.0 Å². The molecule has 0 saturated heterocycles. The van der Waals surface area contributed by atoms with Crippen molar-refractivity contribution in [3.8, 4) is 22.9 Å². The maximum Gasteiger partial charge on any atom is 0.223 e. The number of aromatic hydroxyl groups is 2. The SMILES string of the molecule is CCCCCc1cc(O)c(CC=C(C)CCC=C(C)C)c(O)c1-c1noc(C)n1. The number of hydrogen-bond donors (Lipinski definition) is 2. The van der Waals surface area contributed by atoms with Gasteiger partial charge in [0.1, 0.15) is 11.5 Å². The van der Waals surface area contributed by atoms with Gasteiger partial charge < -0.3 is 14.7 Å². The van der Waals surface area contributed by atoms with Gasteiger partial charge in [-0.05, 0) is 64.5 Å². The molecule has 0 aliphatic heterocycles. The van der Waals surface area contributed by atoms with Gasteiger partial charge in [0.05, 0.1) is 5.56 Å². The van der Waals surface area contributed by atoms with E-state index in [4.69, 9.17) is 4.52 Å². The maximum absolute atomic E-state index is 11.0. The van der Waals surface area contributed by atoms with Crippen molar-refractivity contribution >= 4 is 0 Å². The number of aromatic nitrogens is 2. The Morgan fingerprint density at radius 3 is 2.52 bits per heavy atom. The molecule has 0 radical (unpaired) electrons. The normalized spacial score (nSPS) is 11.7. The second-order valence-corrected chi connectivity index (χ2v) is 7.93. The van der Waals surface area contributed by atoms with Gasteiger partial charge in [0.25, 0.3) is 0 Å². The van der Waals surface area contributed by atoms with E-state index < -0.39 is 0 Å². The summed E-state index contributed by atoms with van der Waals surface area (Å²) in [6.07, 6.45) is 10.6. The van der Waals surface area contributed by atoms with Gasteiger partial charge in [0, 0.05) is 12.5 Å². The van der Waals surface area contributed by atoms with E-state index in [1.807, 2.05) is 0 Å². The lowest BCUT2D eigenvalue weighted by Gasteiger charge is -2.14. The summed E-state index contributed by atoms with van der Waals surface area (Å²) >= 11 is 0. The first kappa shape index (κ1) is 22.7. The van der Waals surface area contributed by atoms with E-state index in [0.717, 1.165) is 44.1 Å². The van der Waals surface area contributed by atoms with Crippen LogP contribution in [-0.2, 0) is 12.8 Å². The van der Waals surface area contributed by atoms with Crippen molar-refractivity contribution in [2.45, 2.75) is 79.6 Å². The lowest BCUT2D eigenvalue weighted by molar-refractivity contribution is 0.393. The highest BCUT2D eigenvalue weighted by molar-refractivity contribution is 5.73. The van der Waals surface area contributed by atoms with Gasteiger partial charge in [-0.1, -0.05) is 48.2 Å². The van der Waals surface area contributed by atoms with Crippen LogP contribution >= 0.6 is 0 Å². The Kier molecular flexibility index (Phi) is 8.50. The third-order valence-electron chi connectivity index (χ3n) is 5.01. The molecule has 0 atom stereocenters. The highest BCUT2D eigenvalue weighted by Crippen LogP contribution is 2.40. The molecular weight excluding hydrogens is 364 g/mol. The number of aryl methyl sites for hydroxylation is 2. The van der Waals surface area contributed by atoms with E-state index in [9.17, 15) is 10.2 Å². The molecule has 2 rings (SSSR count). The summed E-state index contributed by atoms with van der Waals surface area (Å²) in [5.74, 6) is 0.984. The predicted molar refractivity (Wildman–Crippen MR) is 117 cm³/mol. The minimum absolute atomic E-state index is 0.0469. The van der Waals surface area contributed by atoms with Crippen LogP contribution in [0.25, 0.3) is 11.4 Å². The van der Waals surface area contributed by atoms with Crippen LogP contribution in [0.5, 0.6) is 11.5 Å². The molecule has 0 fully saturated rings. The fourth-order valence-electron chi connectivity index (χ4n) is 3.33. The van der Waals surface area contributed by atoms with Crippen LogP contribution in [-0.4, -0.2) is 20.4 Å². The number of rotatable bonds is 10. The summed E-state index contributed by atoms with van der Waals surface area (Å²) in [4.78, 5) is 4.31. The Labute approximate surface area is 174 Å². The maximum atomic E-state index is 11.0. The third kappa shape index (κ3) is 6.48. The van der Waals surface area contributed by atoms with E-state index in [2.05, 4.69) is 50.0 Å². The summed E-state index contributed by atoms with van der Waals surface area (Å²) in [6, 6.07) is 1.75. The van der Waals surface area contributed by atoms with Gasteiger partial charge in [-0.25, -0.2) is 0 Å². The van der Waals surface area contributed by atoms with Crippen molar-refractivity contribution in [1.82, 2.24) is 10.1 Å². The smallest absolute Gasteiger partial charge is 0.223 e. The molecule has 158 valence electrons. The van der Waals surface area contributed by atoms with Gasteiger partial charge in [-0.2, -0.15) is 4.98 Å². The topological polar surface area (TPSA) is 79.4 Å². The van der Waals surface area contributed by atoms with E-state index in [1.165, 1.54) is 11.1 Å². The van der Waals surface area contributed by atoms with Crippen molar-refractivity contribution in [2.75, 3.05) is 0 Å². The van der Waals surface area contributed by atoms with Gasteiger partial charge in [0.2, 0.25) is 11.7 Å². The minimum atomic E-state index is 0.0469. The van der Waals surface area contributed by atoms with Crippen molar-refractivity contribution in [3.63, 3.8) is 0 Å². The second-order valence-electron chi connectivity index (χ2n) is 7.93. The Morgan fingerprint density at radius 2 is 1.90 bits per heavy atom. The summed E-state index contributed by atoms with van der Waals surface area (Å²) in [6.45, 7) is 10.1. The number of allylic oxidation sites excluding steroid dienone is 4. The Balaban J connectivity index is 2.34. The molecule has 0 bridgehead atoms. The summed E-state index contributed by atoms with van der Waals surface area (Å²) < 4.78 is 5.13. The highest BCUT2D eigenvalue weighted by Gasteiger charge is 2.21. The number of nitrogens with zero attached hydrogens (tertiary/aromatic N) is 2. The molecule has 0 spiro atoms. The Morgan fingerprint density at radius 1 is 1.14 bits per heavy atom. The fourth-order valence-corrected chi connectivity index (χ4v) is 3.33. The lowest BCUT2D eigenvalue weighted by Crippen LogP contribution is -1.98. The molecule has 5 heteroatoms. The number of hydrogen-bond acceptors (Lipinski definition) is 5. The van der Waals surface area contributed by atoms with Gasteiger partial charge >= 0.3 is 0 Å². The largest absolute Gasteiger partial charge is 0.508 e. The second kappa shape index (κ2) is 10.8. The number of phenolic OH excluding ortho intramolecular Hbond substituents is 2. The molecule has 0 aliphatic carbocycles. The number of benzene rings is 1. The predicted octanol–water partition coefficient (Wildman–Crippen LogP) is 6.42. The van der Waals surface area contributed by atoms with Crippen LogP contribution in [0.2, 0.25) is 0 Å². The quantitative estimate of drug-likeness (QED) is 0.356. The molecule has 0 aliphatic rings. The molecule has 1 aromatic carbocycles. The van der Waals surface area contributed by atoms with E-state index >= 15 is 0 Å². The van der Waals surface area contributed by atoms with Crippen molar-refractivity contribution in [2.24, 2.45) is 0 Å². The van der Waals surface area contributed by atoms with Crippen molar-refractivity contribution in [1.29, 1.82) is 0 Å². The van der Waals surface area contributed by atoms with Crippen LogP contribution in [0, 0.1) is 6.92 Å². The monoisotopic (exact) mass is 398 g/mol. The Bertz CT molecular complexity index is 874. The third-order valence-corrected chi connectivity index (χ3v) is 5.01. The molecule has 2 aromatic rings. The first-order valence-electron chi connectivity index (χ1n) is 10.5. The minimum Gasteiger partial charge on any atom is -0.508 e. The molecule has 29 heavy (non-hydrogen) atoms. The number of phenols is 2. The van der Waals surface area contributed by atoms with Crippen LogP contribution in [0.4, 0.5) is 0 Å². The van der Waals surface area contributed by atoms with E-state index in [-0.39, 0.29) is 11.5 Å². The van der Waals surface area contributed by atoms with Crippen LogP contribution in [0.1, 0.15) is 76.8 Å². The van der Waals surface area contributed by atoms with Crippen LogP contribution < -0.4 is 0 Å². The molecule has 0 saturated carbocycles. The molecular formula is C24H34N2O3. The summed E-state index contributed by atoms with van der Waals surface area (Å²) in [5.41, 5.74) is 4.46. The van der Waals surface area contributed by atoms with Gasteiger partial charge in [0.15, 0.2) is 0 Å². The first-order chi connectivity index (χ1) is 13.8. The van der Waals surface area contributed by atoms with Crippen LogP contribution in [0.15, 0.2) is 33.9 Å². The molecule has 2 N–H and O–H groups in total. The van der Waals surface area contributed by atoms with Gasteiger partial charge in [-0.3, -0.25) is 0 Å². The average Bonchev–Trinajstić information content (AvgIpc) is 3.07. The molecule has 0 unspecified atom stereocenters. The molecule has 1 heterocycles. The zero-order valence-electron chi connectivity index (χ0n) is 18.4. The highest BCUT2D eigenvalue weighted by atomic mass is 16.5. The Hall–Kier alpha value is -2.56.